The van der Waals surface area contributed by atoms with Crippen molar-refractivity contribution in [2.45, 2.75) is 19.5 Å². The van der Waals surface area contributed by atoms with Crippen molar-refractivity contribution in [1.29, 1.82) is 5.26 Å². The fraction of sp³-hybridized carbons (Fsp3) is 0.136. The van der Waals surface area contributed by atoms with Gasteiger partial charge in [-0.3, -0.25) is 4.79 Å². The van der Waals surface area contributed by atoms with Crippen molar-refractivity contribution in [2.24, 2.45) is 0 Å². The summed E-state index contributed by atoms with van der Waals surface area (Å²) in [5.41, 5.74) is 7.92. The number of nitrogens with zero attached hydrogens (tertiary/aromatic N) is 2. The number of carbonyl (C=O) groups is 1. The lowest BCUT2D eigenvalue weighted by atomic mass is 9.95. The number of nitrogens with two attached hydrogens (primary N) is 1. The van der Waals surface area contributed by atoms with Crippen molar-refractivity contribution in [1.82, 2.24) is 4.98 Å². The van der Waals surface area contributed by atoms with Gasteiger partial charge in [0.2, 0.25) is 0 Å². The molecule has 0 amide bonds. The average molecular weight is 395 g/mol. The minimum Gasteiger partial charge on any atom is -0.383 e. The van der Waals surface area contributed by atoms with E-state index in [1.54, 1.807) is 24.3 Å². The van der Waals surface area contributed by atoms with Crippen molar-refractivity contribution in [2.75, 3.05) is 5.73 Å². The summed E-state index contributed by atoms with van der Waals surface area (Å²) in [5, 5.41) is 9.14. The van der Waals surface area contributed by atoms with Crippen LogP contribution >= 0.6 is 0 Å². The second-order valence-electron chi connectivity index (χ2n) is 6.60. The number of anilines is 1. The molecule has 2 N–H and O–H groups in total. The summed E-state index contributed by atoms with van der Waals surface area (Å²) >= 11 is 0. The molecular formula is C22H16F3N3O. The lowest BCUT2D eigenvalue weighted by Crippen LogP contribution is -2.08. The molecule has 4 nitrogen and oxygen atoms in total. The van der Waals surface area contributed by atoms with Crippen molar-refractivity contribution >= 4 is 11.6 Å². The van der Waals surface area contributed by atoms with Crippen LogP contribution in [0.5, 0.6) is 0 Å². The standard InChI is InChI=1S/C22H16F3N3O/c1-13-5-6-15(10-19(13)17-9-16(11-26)21(27)28-12-17)20(29)8-14-3-2-4-18(7-14)22(23,24)25/h2-7,9-10,12H,8H2,1H3,(H2,27,28). The van der Waals surface area contributed by atoms with Crippen LogP contribution in [0.2, 0.25) is 0 Å². The zero-order valence-electron chi connectivity index (χ0n) is 15.4. The van der Waals surface area contributed by atoms with Crippen LogP contribution in [0.4, 0.5) is 19.0 Å². The zero-order valence-corrected chi connectivity index (χ0v) is 15.4. The Hall–Kier alpha value is -3.66. The van der Waals surface area contributed by atoms with Crippen LogP contribution in [0.25, 0.3) is 11.1 Å². The SMILES string of the molecule is Cc1ccc(C(=O)Cc2cccc(C(F)(F)F)c2)cc1-c1cnc(N)c(C#N)c1. The number of nitriles is 1. The highest BCUT2D eigenvalue weighted by Gasteiger charge is 2.30. The van der Waals surface area contributed by atoms with E-state index >= 15 is 0 Å². The molecule has 0 aliphatic heterocycles. The number of hydrogen-bond donors (Lipinski definition) is 1. The first-order chi connectivity index (χ1) is 13.7. The first-order valence-electron chi connectivity index (χ1n) is 8.65. The summed E-state index contributed by atoms with van der Waals surface area (Å²) in [4.78, 5) is 16.7. The lowest BCUT2D eigenvalue weighted by Gasteiger charge is -2.11. The maximum Gasteiger partial charge on any atom is 0.416 e. The molecule has 0 aliphatic carbocycles. The number of hydrogen-bond acceptors (Lipinski definition) is 4. The third-order valence-corrected chi connectivity index (χ3v) is 4.53. The summed E-state index contributed by atoms with van der Waals surface area (Å²) in [6.45, 7) is 1.85. The minimum atomic E-state index is -4.46. The molecule has 29 heavy (non-hydrogen) atoms. The highest BCUT2D eigenvalue weighted by Crippen LogP contribution is 2.30. The molecule has 0 atom stereocenters. The molecule has 0 fully saturated rings. The normalized spacial score (nSPS) is 11.1. The Labute approximate surface area is 165 Å². The van der Waals surface area contributed by atoms with Crippen molar-refractivity contribution in [3.8, 4) is 17.2 Å². The molecule has 0 saturated heterocycles. The van der Waals surface area contributed by atoms with Crippen molar-refractivity contribution in [3.05, 3.63) is 82.5 Å². The molecule has 0 radical (unpaired) electrons. The number of ketones is 1. The Morgan fingerprint density at radius 2 is 1.93 bits per heavy atom. The van der Waals surface area contributed by atoms with E-state index in [-0.39, 0.29) is 29.1 Å². The Balaban J connectivity index is 1.92. The van der Waals surface area contributed by atoms with E-state index in [0.29, 0.717) is 16.7 Å². The van der Waals surface area contributed by atoms with Gasteiger partial charge >= 0.3 is 6.18 Å². The van der Waals surface area contributed by atoms with Crippen LogP contribution in [-0.4, -0.2) is 10.8 Å². The number of carbonyl (C=O) groups excluding carboxylic acids is 1. The molecule has 1 aromatic heterocycles. The summed E-state index contributed by atoms with van der Waals surface area (Å²) in [7, 11) is 0. The number of benzene rings is 2. The van der Waals surface area contributed by atoms with Gasteiger partial charge in [-0.2, -0.15) is 18.4 Å². The van der Waals surface area contributed by atoms with Gasteiger partial charge < -0.3 is 5.73 Å². The quantitative estimate of drug-likeness (QED) is 0.634. The fourth-order valence-electron chi connectivity index (χ4n) is 2.96. The van der Waals surface area contributed by atoms with E-state index in [4.69, 9.17) is 11.0 Å². The summed E-state index contributed by atoms with van der Waals surface area (Å²) in [5.74, 6) is -0.194. The number of Topliss-reactive ketones (excluding diaryl/α,β-unsaturated/α-hetero) is 1. The van der Waals surface area contributed by atoms with Gasteiger partial charge in [0, 0.05) is 23.7 Å². The predicted molar refractivity (Wildman–Crippen MR) is 103 cm³/mol. The van der Waals surface area contributed by atoms with Gasteiger partial charge in [-0.25, -0.2) is 4.98 Å². The number of aromatic nitrogens is 1. The molecule has 3 aromatic rings. The number of aryl methyl sites for hydroxylation is 1. The smallest absolute Gasteiger partial charge is 0.383 e. The molecule has 3 rings (SSSR count). The number of pyridine rings is 1. The van der Waals surface area contributed by atoms with Crippen LogP contribution in [0.3, 0.4) is 0 Å². The second-order valence-corrected chi connectivity index (χ2v) is 6.60. The van der Waals surface area contributed by atoms with Crippen LogP contribution in [0, 0.1) is 18.3 Å². The predicted octanol–water partition coefficient (Wildman–Crippen LogP) is 4.96. The summed E-state index contributed by atoms with van der Waals surface area (Å²) in [6, 6.07) is 13.3. The maximum atomic E-state index is 12.9. The fourth-order valence-corrected chi connectivity index (χ4v) is 2.96. The maximum absolute atomic E-state index is 12.9. The average Bonchev–Trinajstić information content (AvgIpc) is 2.68. The van der Waals surface area contributed by atoms with Gasteiger partial charge in [-0.1, -0.05) is 30.3 Å². The van der Waals surface area contributed by atoms with Crippen molar-refractivity contribution in [3.63, 3.8) is 0 Å². The Morgan fingerprint density at radius 3 is 2.62 bits per heavy atom. The number of halogens is 3. The van der Waals surface area contributed by atoms with Gasteiger partial charge in [-0.15, -0.1) is 0 Å². The van der Waals surface area contributed by atoms with E-state index < -0.39 is 11.7 Å². The van der Waals surface area contributed by atoms with E-state index in [0.717, 1.165) is 17.7 Å². The molecule has 0 saturated carbocycles. The monoisotopic (exact) mass is 395 g/mol. The second kappa shape index (κ2) is 7.76. The topological polar surface area (TPSA) is 79.8 Å². The molecule has 0 aliphatic rings. The number of nitrogen functional groups attached to an aromatic ring is 1. The van der Waals surface area contributed by atoms with Crippen LogP contribution in [0.1, 0.15) is 32.6 Å². The first-order valence-corrected chi connectivity index (χ1v) is 8.65. The number of rotatable bonds is 4. The Morgan fingerprint density at radius 1 is 1.17 bits per heavy atom. The molecule has 0 bridgehead atoms. The largest absolute Gasteiger partial charge is 0.416 e. The Bertz CT molecular complexity index is 1130. The Kier molecular flexibility index (Phi) is 5.37. The van der Waals surface area contributed by atoms with E-state index in [1.807, 2.05) is 13.0 Å². The van der Waals surface area contributed by atoms with E-state index in [1.165, 1.54) is 18.3 Å². The molecule has 146 valence electrons. The molecular weight excluding hydrogens is 379 g/mol. The molecule has 0 unspecified atom stereocenters. The van der Waals surface area contributed by atoms with E-state index in [9.17, 15) is 18.0 Å². The van der Waals surface area contributed by atoms with Crippen molar-refractivity contribution < 1.29 is 18.0 Å². The van der Waals surface area contributed by atoms with Crippen LogP contribution in [-0.2, 0) is 12.6 Å². The lowest BCUT2D eigenvalue weighted by molar-refractivity contribution is -0.137. The van der Waals surface area contributed by atoms with Gasteiger partial charge in [0.05, 0.1) is 11.1 Å². The molecule has 2 aromatic carbocycles. The van der Waals surface area contributed by atoms with E-state index in [2.05, 4.69) is 4.98 Å². The minimum absolute atomic E-state index is 0.116. The third-order valence-electron chi connectivity index (χ3n) is 4.53. The van der Waals surface area contributed by atoms with Gasteiger partial charge in [0.25, 0.3) is 0 Å². The summed E-state index contributed by atoms with van der Waals surface area (Å²) in [6.07, 6.45) is -3.11. The molecule has 7 heteroatoms. The molecule has 0 spiro atoms. The first kappa shape index (κ1) is 20.1. The molecule has 1 heterocycles. The van der Waals surface area contributed by atoms with Gasteiger partial charge in [0.15, 0.2) is 5.78 Å². The highest BCUT2D eigenvalue weighted by molar-refractivity contribution is 5.98. The third kappa shape index (κ3) is 4.43. The van der Waals surface area contributed by atoms with Crippen LogP contribution in [0.15, 0.2) is 54.7 Å². The zero-order chi connectivity index (χ0) is 21.2. The highest BCUT2D eigenvalue weighted by atomic mass is 19.4. The summed E-state index contributed by atoms with van der Waals surface area (Å²) < 4.78 is 38.6. The van der Waals surface area contributed by atoms with Crippen LogP contribution < -0.4 is 5.73 Å². The number of alkyl halides is 3. The van der Waals surface area contributed by atoms with Gasteiger partial charge in [0.1, 0.15) is 11.9 Å². The van der Waals surface area contributed by atoms with Gasteiger partial charge in [-0.05, 0) is 41.8 Å².